The fraction of sp³-hybridized carbons (Fsp3) is 0.400. The summed E-state index contributed by atoms with van der Waals surface area (Å²) in [6.45, 7) is 1.31. The van der Waals surface area contributed by atoms with Gasteiger partial charge in [-0.05, 0) is 49.2 Å². The molecule has 1 fully saturated rings. The molecule has 0 aliphatic carbocycles. The molecule has 32 heavy (non-hydrogen) atoms. The minimum atomic E-state index is 0.188. The highest BCUT2D eigenvalue weighted by Gasteiger charge is 2.38. The lowest BCUT2D eigenvalue weighted by molar-refractivity contribution is 0.174. The molecule has 166 valence electrons. The van der Waals surface area contributed by atoms with Crippen LogP contribution in [0.4, 0.5) is 0 Å². The molecule has 0 spiro atoms. The summed E-state index contributed by atoms with van der Waals surface area (Å²) in [5, 5.41) is 1.35. The molecule has 4 heterocycles. The van der Waals surface area contributed by atoms with Crippen molar-refractivity contribution in [3.05, 3.63) is 59.3 Å². The van der Waals surface area contributed by atoms with E-state index in [-0.39, 0.29) is 6.04 Å². The van der Waals surface area contributed by atoms with E-state index in [0.717, 1.165) is 53.9 Å². The number of para-hydroxylation sites is 1. The lowest BCUT2D eigenvalue weighted by Gasteiger charge is -2.44. The second-order valence-corrected chi connectivity index (χ2v) is 10.4. The van der Waals surface area contributed by atoms with Crippen molar-refractivity contribution in [2.45, 2.75) is 31.3 Å². The van der Waals surface area contributed by atoms with Crippen LogP contribution in [0.2, 0.25) is 0 Å². The fourth-order valence-electron chi connectivity index (χ4n) is 5.29. The van der Waals surface area contributed by atoms with Gasteiger partial charge < -0.3 is 19.4 Å². The maximum atomic E-state index is 6.08. The van der Waals surface area contributed by atoms with Crippen molar-refractivity contribution >= 4 is 39.9 Å². The number of ether oxygens (including phenoxy) is 2. The number of hydrogen-bond donors (Lipinski definition) is 1. The fourth-order valence-corrected chi connectivity index (χ4v) is 6.75. The summed E-state index contributed by atoms with van der Waals surface area (Å²) in [4.78, 5) is 9.81. The first kappa shape index (κ1) is 20.4. The lowest BCUT2D eigenvalue weighted by atomic mass is 9.88. The number of aromatic nitrogens is 1. The van der Waals surface area contributed by atoms with Crippen molar-refractivity contribution in [1.82, 2.24) is 14.8 Å². The third-order valence-electron chi connectivity index (χ3n) is 6.83. The average Bonchev–Trinajstić information content (AvgIpc) is 3.42. The number of nitrogens with zero attached hydrogens (tertiary/aromatic N) is 2. The summed E-state index contributed by atoms with van der Waals surface area (Å²) < 4.78 is 11.2. The maximum absolute atomic E-state index is 6.08. The SMILES string of the molecule is CN1CCC(=S)N2C(Cc3ccc4c(c3)OCO4)c3[nH]c4ccccc4c3C[C@@H]2CSC1. The number of rotatable bonds is 2. The Morgan fingerprint density at radius 2 is 2.03 bits per heavy atom. The minimum Gasteiger partial charge on any atom is -0.454 e. The molecule has 1 N–H and O–H groups in total. The van der Waals surface area contributed by atoms with E-state index in [9.17, 15) is 0 Å². The number of thiocarbonyl (C=S) groups is 1. The molecule has 0 saturated carbocycles. The van der Waals surface area contributed by atoms with Crippen molar-refractivity contribution in [2.75, 3.05) is 32.0 Å². The Balaban J connectivity index is 1.44. The number of thioether (sulfide) groups is 1. The Morgan fingerprint density at radius 1 is 1.16 bits per heavy atom. The number of benzene rings is 2. The van der Waals surface area contributed by atoms with Crippen LogP contribution >= 0.6 is 24.0 Å². The van der Waals surface area contributed by atoms with Crippen LogP contribution in [0, 0.1) is 0 Å². The van der Waals surface area contributed by atoms with E-state index >= 15 is 0 Å². The van der Waals surface area contributed by atoms with Gasteiger partial charge in [-0.1, -0.05) is 36.5 Å². The van der Waals surface area contributed by atoms with E-state index in [1.165, 1.54) is 27.7 Å². The van der Waals surface area contributed by atoms with Crippen molar-refractivity contribution < 1.29 is 9.47 Å². The van der Waals surface area contributed by atoms with Gasteiger partial charge in [0.15, 0.2) is 11.5 Å². The monoisotopic (exact) mass is 465 g/mol. The van der Waals surface area contributed by atoms with Crippen LogP contribution in [0.3, 0.4) is 0 Å². The molecule has 1 saturated heterocycles. The molecule has 2 atom stereocenters. The topological polar surface area (TPSA) is 40.7 Å². The van der Waals surface area contributed by atoms with Gasteiger partial charge in [-0.15, -0.1) is 11.8 Å². The molecule has 3 aliphatic rings. The second-order valence-electron chi connectivity index (χ2n) is 8.96. The zero-order chi connectivity index (χ0) is 21.7. The Morgan fingerprint density at radius 3 is 2.97 bits per heavy atom. The molecule has 5 nitrogen and oxygen atoms in total. The third kappa shape index (κ3) is 3.56. The van der Waals surface area contributed by atoms with Crippen LogP contribution in [0.5, 0.6) is 11.5 Å². The molecule has 3 aliphatic heterocycles. The van der Waals surface area contributed by atoms with Crippen molar-refractivity contribution in [1.29, 1.82) is 0 Å². The minimum absolute atomic E-state index is 0.188. The highest BCUT2D eigenvalue weighted by atomic mass is 32.2. The van der Waals surface area contributed by atoms with E-state index in [0.29, 0.717) is 12.8 Å². The molecule has 6 rings (SSSR count). The van der Waals surface area contributed by atoms with E-state index in [1.807, 2.05) is 17.8 Å². The highest BCUT2D eigenvalue weighted by Crippen LogP contribution is 2.42. The van der Waals surface area contributed by atoms with Gasteiger partial charge in [0, 0.05) is 47.2 Å². The molecule has 0 radical (unpaired) electrons. The van der Waals surface area contributed by atoms with Gasteiger partial charge in [-0.3, -0.25) is 4.90 Å². The van der Waals surface area contributed by atoms with Crippen LogP contribution in [0.25, 0.3) is 10.9 Å². The average molecular weight is 466 g/mol. The van der Waals surface area contributed by atoms with E-state index in [2.05, 4.69) is 58.2 Å². The molecule has 1 unspecified atom stereocenters. The quantitative estimate of drug-likeness (QED) is 0.551. The molecular weight excluding hydrogens is 438 g/mol. The highest BCUT2D eigenvalue weighted by molar-refractivity contribution is 7.99. The molecule has 2 aromatic carbocycles. The first-order valence-corrected chi connectivity index (χ1v) is 12.8. The predicted molar refractivity (Wildman–Crippen MR) is 134 cm³/mol. The molecule has 3 aromatic rings. The van der Waals surface area contributed by atoms with Crippen LogP contribution in [0.1, 0.15) is 29.3 Å². The normalized spacial score (nSPS) is 23.4. The van der Waals surface area contributed by atoms with Crippen LogP contribution < -0.4 is 9.47 Å². The molecule has 1 aromatic heterocycles. The number of aromatic amines is 1. The van der Waals surface area contributed by atoms with E-state index in [1.54, 1.807) is 0 Å². The lowest BCUT2D eigenvalue weighted by Crippen LogP contribution is -2.48. The molecule has 0 amide bonds. The predicted octanol–water partition coefficient (Wildman–Crippen LogP) is 4.76. The molecule has 0 bridgehead atoms. The summed E-state index contributed by atoms with van der Waals surface area (Å²) in [7, 11) is 2.19. The van der Waals surface area contributed by atoms with E-state index < -0.39 is 0 Å². The summed E-state index contributed by atoms with van der Waals surface area (Å²) in [6, 6.07) is 15.6. The molecular formula is C25H27N3O2S2. The summed E-state index contributed by atoms with van der Waals surface area (Å²) >= 11 is 8.10. The van der Waals surface area contributed by atoms with Gasteiger partial charge in [0.05, 0.1) is 11.0 Å². The zero-order valence-electron chi connectivity index (χ0n) is 18.2. The second kappa shape index (κ2) is 8.28. The van der Waals surface area contributed by atoms with Crippen molar-refractivity contribution in [3.63, 3.8) is 0 Å². The zero-order valence-corrected chi connectivity index (χ0v) is 19.8. The third-order valence-corrected chi connectivity index (χ3v) is 8.49. The number of hydrogen-bond acceptors (Lipinski definition) is 5. The van der Waals surface area contributed by atoms with Gasteiger partial charge in [0.25, 0.3) is 0 Å². The van der Waals surface area contributed by atoms with Gasteiger partial charge >= 0.3 is 0 Å². The first-order valence-electron chi connectivity index (χ1n) is 11.2. The number of nitrogens with one attached hydrogen (secondary N) is 1. The Bertz CT molecular complexity index is 1180. The smallest absolute Gasteiger partial charge is 0.231 e. The Hall–Kier alpha value is -2.22. The standard InChI is InChI=1S/C25H27N3O2S2/c1-27-9-8-24(31)28-17(13-32-14-27)12-19-18-4-2-3-5-20(18)26-25(19)21(28)10-16-6-7-22-23(11-16)30-15-29-22/h2-7,11,17,21,26H,8-10,12-15H2,1H3/t17-,21?/m1/s1. The maximum Gasteiger partial charge on any atom is 0.231 e. The van der Waals surface area contributed by atoms with Gasteiger partial charge in [0.1, 0.15) is 0 Å². The first-order chi connectivity index (χ1) is 15.7. The molecule has 7 heteroatoms. The van der Waals surface area contributed by atoms with Crippen molar-refractivity contribution in [3.8, 4) is 11.5 Å². The summed E-state index contributed by atoms with van der Waals surface area (Å²) in [5.74, 6) is 3.82. The van der Waals surface area contributed by atoms with Gasteiger partial charge in [0.2, 0.25) is 6.79 Å². The van der Waals surface area contributed by atoms with Crippen molar-refractivity contribution in [2.24, 2.45) is 0 Å². The summed E-state index contributed by atoms with van der Waals surface area (Å²) in [6.07, 6.45) is 2.84. The van der Waals surface area contributed by atoms with Crippen LogP contribution in [-0.2, 0) is 12.8 Å². The summed E-state index contributed by atoms with van der Waals surface area (Å²) in [5.41, 5.74) is 5.25. The van der Waals surface area contributed by atoms with Crippen LogP contribution in [-0.4, -0.2) is 57.8 Å². The van der Waals surface area contributed by atoms with Gasteiger partial charge in [-0.2, -0.15) is 0 Å². The Labute approximate surface area is 198 Å². The van der Waals surface area contributed by atoms with Crippen LogP contribution in [0.15, 0.2) is 42.5 Å². The largest absolute Gasteiger partial charge is 0.454 e. The van der Waals surface area contributed by atoms with E-state index in [4.69, 9.17) is 21.7 Å². The number of H-pyrrole nitrogens is 1. The van der Waals surface area contributed by atoms with Gasteiger partial charge in [-0.25, -0.2) is 0 Å². The number of fused-ring (bicyclic) bond motifs is 5. The Kier molecular flexibility index (Phi) is 5.28.